The summed E-state index contributed by atoms with van der Waals surface area (Å²) in [7, 11) is 0. The molecule has 2 aliphatic rings. The summed E-state index contributed by atoms with van der Waals surface area (Å²) >= 11 is 2.81. The summed E-state index contributed by atoms with van der Waals surface area (Å²) in [5, 5.41) is 93.0. The Kier molecular flexibility index (Phi) is 27.8. The summed E-state index contributed by atoms with van der Waals surface area (Å²) in [4.78, 5) is 101. The van der Waals surface area contributed by atoms with E-state index in [0.29, 0.717) is 52.7 Å². The predicted octanol–water partition coefficient (Wildman–Crippen LogP) is 3.25. The van der Waals surface area contributed by atoms with Gasteiger partial charge in [0.1, 0.15) is 24.4 Å². The highest BCUT2D eigenvalue weighted by Gasteiger charge is 2.56. The van der Waals surface area contributed by atoms with Crippen LogP contribution in [0.2, 0.25) is 0 Å². The predicted molar refractivity (Wildman–Crippen MR) is 347 cm³/mol. The average molecular weight is 1330 g/mol. The Morgan fingerprint density at radius 2 is 0.978 bits per heavy atom. The average Bonchev–Trinajstić information content (AvgIpc) is 0.783. The van der Waals surface area contributed by atoms with E-state index in [1.54, 1.807) is 72.8 Å². The Bertz CT molecular complexity index is 3290. The van der Waals surface area contributed by atoms with E-state index < -0.39 is 128 Å². The first-order valence-electron chi connectivity index (χ1n) is 30.3. The van der Waals surface area contributed by atoms with Gasteiger partial charge in [-0.15, -0.1) is 0 Å². The number of anilines is 2. The molecule has 0 saturated carbocycles. The zero-order valence-corrected chi connectivity index (χ0v) is 52.9. The van der Waals surface area contributed by atoms with Gasteiger partial charge in [-0.1, -0.05) is 91.0 Å². The molecule has 0 radical (unpaired) electrons. The van der Waals surface area contributed by atoms with E-state index in [1.807, 2.05) is 60.7 Å². The Hall–Kier alpha value is -7.64. The van der Waals surface area contributed by atoms with Crippen LogP contribution in [0.1, 0.15) is 73.1 Å². The van der Waals surface area contributed by atoms with E-state index in [1.165, 1.54) is 30.4 Å². The van der Waals surface area contributed by atoms with Gasteiger partial charge < -0.3 is 86.6 Å². The number of aliphatic hydroxyl groups excluding tert-OH is 6. The molecule has 93 heavy (non-hydrogen) atoms. The summed E-state index contributed by atoms with van der Waals surface area (Å²) in [6, 6.07) is 36.5. The number of aliphatic hydroxyl groups is 6. The summed E-state index contributed by atoms with van der Waals surface area (Å²) in [5.41, 5.74) is 5.10. The molecule has 0 unspecified atom stereocenters. The molecule has 27 heteroatoms. The number of hydrogen-bond donors (Lipinski definition) is 13. The highest BCUT2D eigenvalue weighted by molar-refractivity contribution is 7.99. The zero-order valence-electron chi connectivity index (χ0n) is 51.3. The Labute approximate surface area is 546 Å². The van der Waals surface area contributed by atoms with Gasteiger partial charge in [0.25, 0.3) is 17.6 Å². The molecule has 5 aromatic carbocycles. The fourth-order valence-electron chi connectivity index (χ4n) is 10.5. The molecule has 500 valence electrons. The van der Waals surface area contributed by atoms with Gasteiger partial charge in [0, 0.05) is 86.6 Å². The summed E-state index contributed by atoms with van der Waals surface area (Å²) in [5.74, 6) is -7.45. The van der Waals surface area contributed by atoms with E-state index >= 15 is 0 Å². The first-order valence-corrected chi connectivity index (χ1v) is 32.6. The topological polar surface area (TPSA) is 387 Å². The van der Waals surface area contributed by atoms with Gasteiger partial charge in [0.2, 0.25) is 29.4 Å². The van der Waals surface area contributed by atoms with Gasteiger partial charge in [-0.05, 0) is 89.1 Å². The van der Waals surface area contributed by atoms with Crippen LogP contribution in [-0.4, -0.2) is 205 Å². The fourth-order valence-corrected chi connectivity index (χ4v) is 12.2. The van der Waals surface area contributed by atoms with Gasteiger partial charge >= 0.3 is 5.97 Å². The second-order valence-electron chi connectivity index (χ2n) is 22.4. The van der Waals surface area contributed by atoms with Gasteiger partial charge in [-0.3, -0.25) is 33.6 Å². The number of carboxylic acids is 1. The fraction of sp³-hybridized carbons (Fsp3) is 0.424. The quantitative estimate of drug-likeness (QED) is 0.0208. The van der Waals surface area contributed by atoms with Crippen molar-refractivity contribution in [3.8, 4) is 22.3 Å². The second kappa shape index (κ2) is 35.6. The molecular formula is C66H80N6O19S2. The van der Waals surface area contributed by atoms with Crippen LogP contribution >= 0.6 is 23.5 Å². The van der Waals surface area contributed by atoms with Gasteiger partial charge in [0.05, 0.1) is 49.7 Å². The maximum Gasteiger partial charge on any atom is 0.364 e. The molecule has 5 aromatic rings. The molecule has 13 N–H and O–H groups in total. The number of carbonyl (C=O) groups excluding carboxylic acids is 7. The molecule has 2 fully saturated rings. The van der Waals surface area contributed by atoms with E-state index in [4.69, 9.17) is 18.9 Å². The van der Waals surface area contributed by atoms with Crippen LogP contribution in [0.25, 0.3) is 22.3 Å². The van der Waals surface area contributed by atoms with Crippen LogP contribution in [-0.2, 0) is 47.7 Å². The van der Waals surface area contributed by atoms with E-state index in [0.717, 1.165) is 29.2 Å². The van der Waals surface area contributed by atoms with Crippen molar-refractivity contribution in [2.45, 2.75) is 125 Å². The van der Waals surface area contributed by atoms with Crippen molar-refractivity contribution in [1.29, 1.82) is 0 Å². The number of carbonyl (C=O) groups is 8. The zero-order chi connectivity index (χ0) is 67.1. The summed E-state index contributed by atoms with van der Waals surface area (Å²) < 4.78 is 23.4. The highest BCUT2D eigenvalue weighted by atomic mass is 32.2. The number of ether oxygens (including phenoxy) is 4. The molecule has 2 saturated heterocycles. The third-order valence-corrected chi connectivity index (χ3v) is 17.4. The van der Waals surface area contributed by atoms with Crippen molar-refractivity contribution in [3.63, 3.8) is 0 Å². The van der Waals surface area contributed by atoms with Crippen molar-refractivity contribution in [3.05, 3.63) is 145 Å². The lowest BCUT2D eigenvalue weighted by molar-refractivity contribution is -0.310. The SMILES string of the molecule is CC(=O)N[C@@H]1[C@H]([C@H](O)[C@@H](O)CNC(=O)c2ccc(-c3ccccc3)cc2)O[C@@](OCCCSCCC(=O)Nc2cccc(NC(=O)CCSCCCO[C@]3(C=O)C[C@H](O)[C@@H](NC(C)=O)[C@H]([C@H](O)[C@H](O)CNC(=O)c4ccc(-c5ccccc5)cc4)O3)c2)(C(=O)O)C[C@H]1O. The number of thioether (sulfide) groups is 2. The molecule has 2 heterocycles. The van der Waals surface area contributed by atoms with Crippen LogP contribution in [0, 0.1) is 0 Å². The third kappa shape index (κ3) is 21.4. The first kappa shape index (κ1) is 72.8. The summed E-state index contributed by atoms with van der Waals surface area (Å²) in [6.07, 6.45) is -13.4. The minimum atomic E-state index is -2.50. The van der Waals surface area contributed by atoms with E-state index in [-0.39, 0.29) is 49.9 Å². The van der Waals surface area contributed by atoms with Crippen LogP contribution < -0.4 is 31.9 Å². The minimum absolute atomic E-state index is 0.0460. The standard InChI is InChI=1S/C66H80N6O19S2/c1-40(74)69-56-50(76)35-65(39-73,90-60(56)58(82)52(78)37-67-62(84)46-22-18-44(19-23-46)42-12-5-3-6-13-42)88-28-10-30-92-32-26-54(80)71-48-16-9-17-49(34-48)72-55(81)27-33-93-31-11-29-89-66(64(86)87)36-51(77)57(70-41(2)75)61(91-66)59(83)53(79)38-68-63(85)47-24-20-45(21-25-47)43-14-7-4-8-15-43/h3-9,12-25,34,39,50-53,56-61,76-79,82-83H,10-11,26-33,35-38H2,1-2H3,(H,67,84)(H,68,85)(H,69,74)(H,70,75)(H,71,80)(H,72,81)(H,86,87)/t50-,51+,52+,53-,56+,57-,58+,59+,60+,61+,65+,66+/m0/s1. The second-order valence-corrected chi connectivity index (χ2v) is 24.8. The lowest BCUT2D eigenvalue weighted by Crippen LogP contribution is -2.68. The van der Waals surface area contributed by atoms with Crippen molar-refractivity contribution < 1.29 is 93.0 Å². The Balaban J connectivity index is 0.778. The number of aldehydes is 1. The summed E-state index contributed by atoms with van der Waals surface area (Å²) in [6.45, 7) is 1.14. The van der Waals surface area contributed by atoms with Gasteiger partial charge in [-0.25, -0.2) is 4.79 Å². The molecule has 2 aliphatic heterocycles. The van der Waals surface area contributed by atoms with Crippen LogP contribution in [0.15, 0.2) is 133 Å². The van der Waals surface area contributed by atoms with E-state index in [9.17, 15) is 74.1 Å². The van der Waals surface area contributed by atoms with Crippen LogP contribution in [0.3, 0.4) is 0 Å². The van der Waals surface area contributed by atoms with Crippen molar-refractivity contribution >= 4 is 82.6 Å². The maximum atomic E-state index is 13.0. The number of rotatable bonds is 34. The van der Waals surface area contributed by atoms with Crippen LogP contribution in [0.5, 0.6) is 0 Å². The van der Waals surface area contributed by atoms with Gasteiger partial charge in [-0.2, -0.15) is 23.5 Å². The van der Waals surface area contributed by atoms with Gasteiger partial charge in [0.15, 0.2) is 6.29 Å². The van der Waals surface area contributed by atoms with Crippen molar-refractivity contribution in [2.75, 3.05) is 59.9 Å². The number of carboxylic acid groups (broad SMARTS) is 1. The largest absolute Gasteiger partial charge is 0.477 e. The number of nitrogens with one attached hydrogen (secondary N) is 6. The van der Waals surface area contributed by atoms with Crippen molar-refractivity contribution in [2.24, 2.45) is 0 Å². The number of benzene rings is 5. The minimum Gasteiger partial charge on any atom is -0.477 e. The highest BCUT2D eigenvalue weighted by Crippen LogP contribution is 2.35. The molecule has 6 amide bonds. The lowest BCUT2D eigenvalue weighted by Gasteiger charge is -2.46. The molecule has 7 rings (SSSR count). The van der Waals surface area contributed by atoms with Crippen molar-refractivity contribution in [1.82, 2.24) is 21.3 Å². The Morgan fingerprint density at radius 1 is 0.559 bits per heavy atom. The number of aliphatic carboxylic acids is 1. The van der Waals surface area contributed by atoms with E-state index in [2.05, 4.69) is 31.9 Å². The lowest BCUT2D eigenvalue weighted by atomic mass is 9.88. The molecule has 12 atom stereocenters. The maximum absolute atomic E-state index is 13.0. The molecule has 0 spiro atoms. The Morgan fingerprint density at radius 3 is 1.41 bits per heavy atom. The molecule has 0 bridgehead atoms. The molecule has 25 nitrogen and oxygen atoms in total. The smallest absolute Gasteiger partial charge is 0.364 e. The number of hydrogen-bond acceptors (Lipinski definition) is 20. The number of amides is 6. The third-order valence-electron chi connectivity index (χ3n) is 15.3. The first-order chi connectivity index (χ1) is 44.6. The molecular weight excluding hydrogens is 1240 g/mol. The molecule has 0 aliphatic carbocycles. The van der Waals surface area contributed by atoms with Crippen LogP contribution in [0.4, 0.5) is 11.4 Å². The normalized spacial score (nSPS) is 22.4. The monoisotopic (exact) mass is 1320 g/mol. The molecule has 0 aromatic heterocycles.